The van der Waals surface area contributed by atoms with Crippen molar-refractivity contribution in [2.24, 2.45) is 5.41 Å². The summed E-state index contributed by atoms with van der Waals surface area (Å²) in [5.74, 6) is 5.52. The average molecular weight is 839 g/mol. The molecule has 0 aromatic rings. The van der Waals surface area contributed by atoms with Gasteiger partial charge in [0.1, 0.15) is 6.79 Å². The highest BCUT2D eigenvalue weighted by molar-refractivity contribution is 8.06. The first-order chi connectivity index (χ1) is 27.2. The number of hydrogen-bond acceptors (Lipinski definition) is 12. The first kappa shape index (κ1) is 67.1. The third-order valence-electron chi connectivity index (χ3n) is 6.61. The van der Waals surface area contributed by atoms with Crippen LogP contribution in [0.15, 0.2) is 0 Å². The Labute approximate surface area is 352 Å². The van der Waals surface area contributed by atoms with Crippen molar-refractivity contribution in [2.75, 3.05) is 109 Å². The highest BCUT2D eigenvalue weighted by Gasteiger charge is 2.40. The van der Waals surface area contributed by atoms with Crippen molar-refractivity contribution in [3.05, 3.63) is 0 Å². The second kappa shape index (κ2) is 61.0. The SMILES string of the molecule is C1CC2OCCC2O1.C1COCCO1.C1COCOC1.C1CSCCS1.CC.CC.CC.CC.CC.CC.CC.CC.CC1OCC2(CO1)COC(C)OC2. The lowest BCUT2D eigenvalue weighted by Gasteiger charge is -2.42. The van der Waals surface area contributed by atoms with Crippen molar-refractivity contribution in [3.8, 4) is 0 Å². The lowest BCUT2D eigenvalue weighted by Crippen LogP contribution is -2.51. The Morgan fingerprint density at radius 1 is 0.364 bits per heavy atom. The minimum absolute atomic E-state index is 0.0704. The van der Waals surface area contributed by atoms with Crippen LogP contribution in [0, 0.1) is 5.41 Å². The molecule has 0 radical (unpaired) electrons. The van der Waals surface area contributed by atoms with Gasteiger partial charge in [0.15, 0.2) is 12.6 Å². The van der Waals surface area contributed by atoms with E-state index in [4.69, 9.17) is 47.4 Å². The standard InChI is InChI=1S/C9H16O4.C6H10O2.2C4H8O2.C4H8S2.8C2H6/c1-7-10-3-9(4-11-7)5-12-8(2)13-6-9;1-3-7-6-2-4-8-5(1)6;1-2-6-4-3-5-1;1-2-5-4-6-3-1;1-2-6-4-3-5-1;8*1-2/h7-8H,3-6H2,1-2H3;5-6H,1-4H2;3*1-4H2;8*1-2H3. The van der Waals surface area contributed by atoms with Crippen molar-refractivity contribution < 1.29 is 47.4 Å². The summed E-state index contributed by atoms with van der Waals surface area (Å²) >= 11 is 4.15. The third kappa shape index (κ3) is 43.7. The van der Waals surface area contributed by atoms with Gasteiger partial charge in [-0.15, -0.1) is 0 Å². The number of fused-ring (bicyclic) bond motifs is 1. The topological polar surface area (TPSA) is 92.3 Å². The van der Waals surface area contributed by atoms with Gasteiger partial charge in [0.05, 0.1) is 83.7 Å². The van der Waals surface area contributed by atoms with E-state index < -0.39 is 0 Å². The van der Waals surface area contributed by atoms with Crippen LogP contribution in [0.2, 0.25) is 0 Å². The fourth-order valence-corrected chi connectivity index (χ4v) is 6.56. The molecular weight excluding hydrogens is 741 g/mol. The second-order valence-electron chi connectivity index (χ2n) is 10.0. The molecule has 0 bridgehead atoms. The summed E-state index contributed by atoms with van der Waals surface area (Å²) in [7, 11) is 0. The van der Waals surface area contributed by atoms with Crippen LogP contribution in [0.4, 0.5) is 0 Å². The smallest absolute Gasteiger partial charge is 0.154 e. The molecule has 7 rings (SSSR count). The maximum atomic E-state index is 5.42. The molecule has 7 fully saturated rings. The molecule has 0 aromatic heterocycles. The predicted molar refractivity (Wildman–Crippen MR) is 242 cm³/mol. The highest BCUT2D eigenvalue weighted by Crippen LogP contribution is 2.29. The summed E-state index contributed by atoms with van der Waals surface area (Å²) in [6.07, 6.45) is 4.01. The minimum atomic E-state index is -0.0926. The van der Waals surface area contributed by atoms with E-state index in [9.17, 15) is 0 Å². The summed E-state index contributed by atoms with van der Waals surface area (Å²) in [5, 5.41) is 0. The zero-order chi connectivity index (χ0) is 43.4. The van der Waals surface area contributed by atoms with Crippen LogP contribution in [0.5, 0.6) is 0 Å². The van der Waals surface area contributed by atoms with Gasteiger partial charge in [0.25, 0.3) is 0 Å². The Kier molecular flexibility index (Phi) is 74.4. The van der Waals surface area contributed by atoms with Crippen LogP contribution in [0.25, 0.3) is 0 Å². The molecule has 12 heteroatoms. The van der Waals surface area contributed by atoms with E-state index in [-0.39, 0.29) is 18.0 Å². The molecule has 0 saturated carbocycles. The summed E-state index contributed by atoms with van der Waals surface area (Å²) in [6.45, 7) is 45.7. The monoisotopic (exact) mass is 839 g/mol. The summed E-state index contributed by atoms with van der Waals surface area (Å²) < 4.78 is 52.0. The molecule has 2 atom stereocenters. The van der Waals surface area contributed by atoms with Crippen LogP contribution in [0.1, 0.15) is 144 Å². The lowest BCUT2D eigenvalue weighted by atomic mass is 9.91. The molecule has 1 spiro atoms. The fraction of sp³-hybridized carbons (Fsp3) is 1.00. The van der Waals surface area contributed by atoms with Gasteiger partial charge >= 0.3 is 0 Å². The number of thioether (sulfide) groups is 2. The molecule has 0 aliphatic carbocycles. The minimum Gasteiger partial charge on any atom is -0.377 e. The van der Waals surface area contributed by atoms with Crippen LogP contribution in [0.3, 0.4) is 0 Å². The molecule has 342 valence electrons. The number of hydrogen-bond donors (Lipinski definition) is 0. The Morgan fingerprint density at radius 2 is 0.655 bits per heavy atom. The van der Waals surface area contributed by atoms with Gasteiger partial charge in [-0.3, -0.25) is 0 Å². The Balaban J connectivity index is -0.000000128. The normalized spacial score (nSPS) is 26.3. The number of rotatable bonds is 0. The Hall–Kier alpha value is 0.300. The van der Waals surface area contributed by atoms with Crippen LogP contribution < -0.4 is 0 Å². The van der Waals surface area contributed by atoms with Crippen molar-refractivity contribution in [2.45, 2.75) is 169 Å². The van der Waals surface area contributed by atoms with Crippen LogP contribution >= 0.6 is 23.5 Å². The quantitative estimate of drug-likeness (QED) is 0.232. The first-order valence-electron chi connectivity index (χ1n) is 22.3. The van der Waals surface area contributed by atoms with Gasteiger partial charge in [-0.2, -0.15) is 23.5 Å². The largest absolute Gasteiger partial charge is 0.377 e. The number of ether oxygens (including phenoxy) is 10. The van der Waals surface area contributed by atoms with E-state index in [1.807, 2.05) is 125 Å². The van der Waals surface area contributed by atoms with Gasteiger partial charge in [0.2, 0.25) is 0 Å². The molecule has 7 saturated heterocycles. The van der Waals surface area contributed by atoms with Crippen LogP contribution in [-0.4, -0.2) is 134 Å². The van der Waals surface area contributed by atoms with E-state index in [0.29, 0.717) is 45.4 Å². The van der Waals surface area contributed by atoms with Crippen molar-refractivity contribution in [1.29, 1.82) is 0 Å². The highest BCUT2D eigenvalue weighted by atomic mass is 32.2. The van der Waals surface area contributed by atoms with Gasteiger partial charge < -0.3 is 47.4 Å². The molecule has 7 aliphatic heterocycles. The van der Waals surface area contributed by atoms with E-state index in [1.165, 1.54) is 23.0 Å². The molecule has 7 heterocycles. The second-order valence-corrected chi connectivity index (χ2v) is 12.5. The Morgan fingerprint density at radius 3 is 0.855 bits per heavy atom. The molecule has 0 amide bonds. The third-order valence-corrected chi connectivity index (χ3v) is 9.10. The summed E-state index contributed by atoms with van der Waals surface area (Å²) in [5.41, 5.74) is -0.0704. The average Bonchev–Trinajstić information content (AvgIpc) is 3.98. The van der Waals surface area contributed by atoms with Crippen molar-refractivity contribution >= 4 is 23.5 Å². The molecule has 0 N–H and O–H groups in total. The maximum Gasteiger partial charge on any atom is 0.154 e. The predicted octanol–water partition coefficient (Wildman–Crippen LogP) is 11.4. The summed E-state index contributed by atoms with van der Waals surface area (Å²) in [4.78, 5) is 0. The van der Waals surface area contributed by atoms with E-state index in [1.54, 1.807) is 0 Å². The van der Waals surface area contributed by atoms with E-state index in [0.717, 1.165) is 72.1 Å². The maximum absolute atomic E-state index is 5.42. The summed E-state index contributed by atoms with van der Waals surface area (Å²) in [6, 6.07) is 0. The van der Waals surface area contributed by atoms with E-state index in [2.05, 4.69) is 23.5 Å². The molecule has 7 aliphatic rings. The zero-order valence-corrected chi connectivity index (χ0v) is 41.5. The van der Waals surface area contributed by atoms with Gasteiger partial charge in [-0.1, -0.05) is 111 Å². The van der Waals surface area contributed by atoms with Crippen LogP contribution in [-0.2, 0) is 47.4 Å². The zero-order valence-electron chi connectivity index (χ0n) is 39.9. The molecule has 0 aromatic carbocycles. The Bertz CT molecular complexity index is 477. The van der Waals surface area contributed by atoms with Crippen molar-refractivity contribution in [3.63, 3.8) is 0 Å². The molecule has 2 unspecified atom stereocenters. The van der Waals surface area contributed by atoms with Gasteiger partial charge in [-0.05, 0) is 33.1 Å². The van der Waals surface area contributed by atoms with Gasteiger partial charge in [-0.25, -0.2) is 0 Å². The van der Waals surface area contributed by atoms with Crippen molar-refractivity contribution in [1.82, 2.24) is 0 Å². The fourth-order valence-electron chi connectivity index (χ4n) is 4.27. The van der Waals surface area contributed by atoms with Gasteiger partial charge in [0, 0.05) is 36.2 Å². The van der Waals surface area contributed by atoms with E-state index >= 15 is 0 Å². The first-order valence-corrected chi connectivity index (χ1v) is 24.6. The molecule has 10 nitrogen and oxygen atoms in total. The molecular formula is C43H98O10S2. The lowest BCUT2D eigenvalue weighted by molar-refractivity contribution is -0.294. The molecule has 55 heavy (non-hydrogen) atoms.